The topological polar surface area (TPSA) is 67.5 Å². The van der Waals surface area contributed by atoms with E-state index in [4.69, 9.17) is 4.42 Å². The van der Waals surface area contributed by atoms with E-state index in [1.807, 2.05) is 0 Å². The molecule has 0 aliphatic heterocycles. The Kier molecular flexibility index (Phi) is 3.55. The lowest BCUT2D eigenvalue weighted by molar-refractivity contribution is 0.0697. The highest BCUT2D eigenvalue weighted by Gasteiger charge is 2.34. The molecule has 0 spiro atoms. The second-order valence-corrected chi connectivity index (χ2v) is 6.49. The van der Waals surface area contributed by atoms with Gasteiger partial charge in [0.05, 0.1) is 5.39 Å². The van der Waals surface area contributed by atoms with E-state index in [-0.39, 0.29) is 22.0 Å². The Morgan fingerprint density at radius 1 is 1.23 bits per heavy atom. The Bertz CT molecular complexity index is 795. The van der Waals surface area contributed by atoms with Crippen molar-refractivity contribution in [2.24, 2.45) is 0 Å². The Morgan fingerprint density at radius 2 is 1.91 bits per heavy atom. The third-order valence-electron chi connectivity index (χ3n) is 4.88. The number of fused-ring (bicyclic) bond motifs is 1. The molecule has 3 rings (SSSR count). The Hall–Kier alpha value is -2.10. The summed E-state index contributed by atoms with van der Waals surface area (Å²) in [4.78, 5) is 24.1. The molecule has 1 aliphatic carbocycles. The van der Waals surface area contributed by atoms with Gasteiger partial charge in [-0.2, -0.15) is 0 Å². The zero-order valence-corrected chi connectivity index (χ0v) is 12.9. The van der Waals surface area contributed by atoms with Crippen LogP contribution in [0.25, 0.3) is 11.0 Å². The van der Waals surface area contributed by atoms with Gasteiger partial charge in [-0.05, 0) is 31.9 Å². The molecule has 0 radical (unpaired) electrons. The van der Waals surface area contributed by atoms with Gasteiger partial charge in [0.2, 0.25) is 0 Å². The van der Waals surface area contributed by atoms with Gasteiger partial charge in [-0.1, -0.05) is 32.3 Å². The Morgan fingerprint density at radius 3 is 2.55 bits per heavy atom. The van der Waals surface area contributed by atoms with E-state index in [0.29, 0.717) is 16.7 Å². The normalized spacial score (nSPS) is 17.5. The third kappa shape index (κ3) is 2.23. The van der Waals surface area contributed by atoms with Crippen LogP contribution in [0.3, 0.4) is 0 Å². The van der Waals surface area contributed by atoms with Gasteiger partial charge in [-0.15, -0.1) is 0 Å². The average molecular weight is 300 g/mol. The van der Waals surface area contributed by atoms with E-state index >= 15 is 0 Å². The van der Waals surface area contributed by atoms with Crippen molar-refractivity contribution in [2.45, 2.75) is 51.4 Å². The fraction of sp³-hybridized carbons (Fsp3) is 0.444. The van der Waals surface area contributed by atoms with E-state index in [1.54, 1.807) is 19.1 Å². The summed E-state index contributed by atoms with van der Waals surface area (Å²) < 4.78 is 6.03. The lowest BCUT2D eigenvalue weighted by atomic mass is 9.72. The van der Waals surface area contributed by atoms with Crippen molar-refractivity contribution in [3.05, 3.63) is 45.3 Å². The van der Waals surface area contributed by atoms with Crippen LogP contribution in [0.5, 0.6) is 0 Å². The second-order valence-electron chi connectivity index (χ2n) is 6.49. The fourth-order valence-electron chi connectivity index (χ4n) is 3.61. The number of carboxylic acids is 1. The van der Waals surface area contributed by atoms with Crippen LogP contribution in [-0.2, 0) is 5.41 Å². The molecule has 1 aromatic carbocycles. The summed E-state index contributed by atoms with van der Waals surface area (Å²) in [7, 11) is 0. The molecule has 116 valence electrons. The molecule has 1 aromatic heterocycles. The van der Waals surface area contributed by atoms with Gasteiger partial charge in [-0.25, -0.2) is 4.79 Å². The van der Waals surface area contributed by atoms with Gasteiger partial charge >= 0.3 is 5.97 Å². The highest BCUT2D eigenvalue weighted by atomic mass is 16.4. The number of aromatic carboxylic acids is 1. The first kappa shape index (κ1) is 14.8. The van der Waals surface area contributed by atoms with Gasteiger partial charge < -0.3 is 9.52 Å². The highest BCUT2D eigenvalue weighted by Crippen LogP contribution is 2.40. The van der Waals surface area contributed by atoms with Crippen molar-refractivity contribution in [1.82, 2.24) is 0 Å². The molecule has 1 fully saturated rings. The minimum Gasteiger partial charge on any atom is -0.478 e. The van der Waals surface area contributed by atoms with Crippen molar-refractivity contribution >= 4 is 16.9 Å². The SMILES string of the molecule is Cc1c(C2(C)CCCCC2)oc2c(C(=O)O)cccc2c1=O. The Labute approximate surface area is 128 Å². The third-order valence-corrected chi connectivity index (χ3v) is 4.88. The molecular weight excluding hydrogens is 280 g/mol. The van der Waals surface area contributed by atoms with Crippen LogP contribution in [-0.4, -0.2) is 11.1 Å². The van der Waals surface area contributed by atoms with Crippen LogP contribution in [0, 0.1) is 6.92 Å². The molecule has 1 aliphatic rings. The minimum atomic E-state index is -1.07. The number of hydrogen-bond acceptors (Lipinski definition) is 3. The zero-order valence-electron chi connectivity index (χ0n) is 12.9. The number of para-hydroxylation sites is 1. The summed E-state index contributed by atoms with van der Waals surface area (Å²) in [6, 6.07) is 4.70. The molecule has 0 amide bonds. The van der Waals surface area contributed by atoms with Crippen molar-refractivity contribution in [3.63, 3.8) is 0 Å². The number of hydrogen-bond donors (Lipinski definition) is 1. The molecule has 2 aromatic rings. The molecule has 4 heteroatoms. The number of carboxylic acid groups (broad SMARTS) is 1. The van der Waals surface area contributed by atoms with Gasteiger partial charge in [0.1, 0.15) is 11.3 Å². The molecule has 1 saturated carbocycles. The summed E-state index contributed by atoms with van der Waals surface area (Å²) in [5.74, 6) is -0.407. The summed E-state index contributed by atoms with van der Waals surface area (Å²) >= 11 is 0. The average Bonchev–Trinajstić information content (AvgIpc) is 2.50. The predicted octanol–water partition coefficient (Wildman–Crippen LogP) is 4.02. The monoisotopic (exact) mass is 300 g/mol. The van der Waals surface area contributed by atoms with Crippen LogP contribution in [0.4, 0.5) is 0 Å². The molecule has 0 bridgehead atoms. The first-order valence-corrected chi connectivity index (χ1v) is 7.74. The van der Waals surface area contributed by atoms with E-state index in [2.05, 4.69) is 6.92 Å². The molecule has 4 nitrogen and oxygen atoms in total. The number of benzene rings is 1. The quantitative estimate of drug-likeness (QED) is 0.909. The summed E-state index contributed by atoms with van der Waals surface area (Å²) in [5, 5.41) is 9.69. The van der Waals surface area contributed by atoms with Crippen molar-refractivity contribution in [2.75, 3.05) is 0 Å². The van der Waals surface area contributed by atoms with Crippen LogP contribution in [0.2, 0.25) is 0 Å². The van der Waals surface area contributed by atoms with Crippen LogP contribution in [0.15, 0.2) is 27.4 Å². The fourth-order valence-corrected chi connectivity index (χ4v) is 3.61. The summed E-state index contributed by atoms with van der Waals surface area (Å²) in [6.45, 7) is 3.90. The summed E-state index contributed by atoms with van der Waals surface area (Å²) in [6.07, 6.45) is 5.36. The second kappa shape index (κ2) is 5.27. The molecule has 0 saturated heterocycles. The molecule has 0 atom stereocenters. The molecule has 22 heavy (non-hydrogen) atoms. The van der Waals surface area contributed by atoms with E-state index < -0.39 is 5.97 Å². The van der Waals surface area contributed by atoms with E-state index in [0.717, 1.165) is 25.7 Å². The molecule has 0 unspecified atom stereocenters. The first-order chi connectivity index (χ1) is 10.4. The van der Waals surface area contributed by atoms with Crippen molar-refractivity contribution < 1.29 is 14.3 Å². The number of carbonyl (C=O) groups is 1. The summed E-state index contributed by atoms with van der Waals surface area (Å²) in [5.41, 5.74) is 0.564. The van der Waals surface area contributed by atoms with Crippen molar-refractivity contribution in [3.8, 4) is 0 Å². The van der Waals surface area contributed by atoms with E-state index in [1.165, 1.54) is 12.5 Å². The van der Waals surface area contributed by atoms with Gasteiger partial charge in [0.25, 0.3) is 0 Å². The van der Waals surface area contributed by atoms with Crippen LogP contribution < -0.4 is 5.43 Å². The zero-order chi connectivity index (χ0) is 15.9. The van der Waals surface area contributed by atoms with Gasteiger partial charge in [0.15, 0.2) is 11.0 Å². The lowest BCUT2D eigenvalue weighted by Crippen LogP contribution is -2.28. The van der Waals surface area contributed by atoms with Gasteiger partial charge in [-0.3, -0.25) is 4.79 Å². The predicted molar refractivity (Wildman–Crippen MR) is 84.6 cm³/mol. The van der Waals surface area contributed by atoms with Crippen LogP contribution in [0.1, 0.15) is 60.7 Å². The molecular formula is C18H20O4. The largest absolute Gasteiger partial charge is 0.478 e. The smallest absolute Gasteiger partial charge is 0.339 e. The van der Waals surface area contributed by atoms with Gasteiger partial charge in [0, 0.05) is 11.0 Å². The maximum Gasteiger partial charge on any atom is 0.339 e. The van der Waals surface area contributed by atoms with Crippen LogP contribution >= 0.6 is 0 Å². The molecule has 1 N–H and O–H groups in total. The number of rotatable bonds is 2. The lowest BCUT2D eigenvalue weighted by Gasteiger charge is -2.33. The molecule has 1 heterocycles. The Balaban J connectivity index is 2.32. The van der Waals surface area contributed by atoms with E-state index in [9.17, 15) is 14.7 Å². The maximum atomic E-state index is 12.7. The maximum absolute atomic E-state index is 12.7. The highest BCUT2D eigenvalue weighted by molar-refractivity contribution is 6.00. The standard InChI is InChI=1S/C18H20O4/c1-11-14(19)12-7-6-8-13(17(20)21)15(12)22-16(11)18(2)9-4-3-5-10-18/h6-8H,3-5,9-10H2,1-2H3,(H,20,21). The first-order valence-electron chi connectivity index (χ1n) is 7.74. The minimum absolute atomic E-state index is 0.0512. The van der Waals surface area contributed by atoms with Crippen molar-refractivity contribution in [1.29, 1.82) is 0 Å².